The lowest BCUT2D eigenvalue weighted by Crippen LogP contribution is -2.27. The zero-order valence-electron chi connectivity index (χ0n) is 10.8. The summed E-state index contributed by atoms with van der Waals surface area (Å²) in [6.45, 7) is 5.78. The van der Waals surface area contributed by atoms with Crippen LogP contribution in [0, 0.1) is 0 Å². The predicted octanol–water partition coefficient (Wildman–Crippen LogP) is 3.99. The molecule has 0 aromatic heterocycles. The topological polar surface area (TPSA) is 3.24 Å². The van der Waals surface area contributed by atoms with Crippen LogP contribution in [0.15, 0.2) is 0 Å². The van der Waals surface area contributed by atoms with Gasteiger partial charge in [0, 0.05) is 6.04 Å². The first-order valence-corrected chi connectivity index (χ1v) is 7.13. The molecule has 0 aromatic rings. The van der Waals surface area contributed by atoms with E-state index in [4.69, 9.17) is 0 Å². The summed E-state index contributed by atoms with van der Waals surface area (Å²) < 4.78 is 0. The average Bonchev–Trinajstić information content (AvgIpc) is 2.21. The lowest BCUT2D eigenvalue weighted by atomic mass is 10.1. The number of unbranched alkanes of at least 4 members (excludes halogenated alkanes) is 6. The minimum Gasteiger partial charge on any atom is -0.304 e. The Hall–Kier alpha value is 0.310. The van der Waals surface area contributed by atoms with Gasteiger partial charge in [-0.25, -0.2) is 0 Å². The molecule has 0 aliphatic heterocycles. The standard InChI is InChI=1S/C13H29NS/c1-13(2)14(3)11-9-7-5-4-6-8-10-12-15/h13,15H,4-12H2,1-3H3. The van der Waals surface area contributed by atoms with Gasteiger partial charge in [0.2, 0.25) is 0 Å². The van der Waals surface area contributed by atoms with Crippen LogP contribution in [0.25, 0.3) is 0 Å². The lowest BCUT2D eigenvalue weighted by molar-refractivity contribution is 0.267. The molecule has 92 valence electrons. The molecule has 0 saturated heterocycles. The highest BCUT2D eigenvalue weighted by Gasteiger charge is 2.01. The second-order valence-electron chi connectivity index (χ2n) is 4.77. The van der Waals surface area contributed by atoms with E-state index in [1.54, 1.807) is 0 Å². The molecule has 0 aliphatic carbocycles. The van der Waals surface area contributed by atoms with Gasteiger partial charge in [-0.15, -0.1) is 0 Å². The minimum atomic E-state index is 0.695. The number of hydrogen-bond acceptors (Lipinski definition) is 2. The second-order valence-corrected chi connectivity index (χ2v) is 5.22. The van der Waals surface area contributed by atoms with Gasteiger partial charge in [0.1, 0.15) is 0 Å². The summed E-state index contributed by atoms with van der Waals surface area (Å²) in [5, 5.41) is 0. The number of nitrogens with zero attached hydrogens (tertiary/aromatic N) is 1. The van der Waals surface area contributed by atoms with E-state index in [9.17, 15) is 0 Å². The monoisotopic (exact) mass is 231 g/mol. The molecule has 0 N–H and O–H groups in total. The van der Waals surface area contributed by atoms with Crippen molar-refractivity contribution in [2.24, 2.45) is 0 Å². The van der Waals surface area contributed by atoms with Crippen molar-refractivity contribution in [1.82, 2.24) is 4.90 Å². The summed E-state index contributed by atoms with van der Waals surface area (Å²) >= 11 is 4.22. The highest BCUT2D eigenvalue weighted by atomic mass is 32.1. The molecule has 1 nitrogen and oxygen atoms in total. The SMILES string of the molecule is CC(C)N(C)CCCCCCCCCS. The Labute approximate surface area is 102 Å². The minimum absolute atomic E-state index is 0.695. The van der Waals surface area contributed by atoms with Gasteiger partial charge in [-0.3, -0.25) is 0 Å². The molecule has 15 heavy (non-hydrogen) atoms. The van der Waals surface area contributed by atoms with Gasteiger partial charge < -0.3 is 4.90 Å². The van der Waals surface area contributed by atoms with Crippen LogP contribution in [0.1, 0.15) is 58.8 Å². The van der Waals surface area contributed by atoms with E-state index in [0.717, 1.165) is 5.75 Å². The Morgan fingerprint density at radius 2 is 1.33 bits per heavy atom. The molecule has 2 heteroatoms. The van der Waals surface area contributed by atoms with Crippen LogP contribution < -0.4 is 0 Å². The fraction of sp³-hybridized carbons (Fsp3) is 1.00. The van der Waals surface area contributed by atoms with E-state index in [0.29, 0.717) is 6.04 Å². The third-order valence-electron chi connectivity index (χ3n) is 3.05. The van der Waals surface area contributed by atoms with E-state index >= 15 is 0 Å². The fourth-order valence-electron chi connectivity index (χ4n) is 1.62. The average molecular weight is 231 g/mol. The Kier molecular flexibility index (Phi) is 11.0. The van der Waals surface area contributed by atoms with Crippen LogP contribution in [0.3, 0.4) is 0 Å². The van der Waals surface area contributed by atoms with Crippen LogP contribution in [-0.2, 0) is 0 Å². The maximum atomic E-state index is 4.22. The van der Waals surface area contributed by atoms with Crippen molar-refractivity contribution in [2.75, 3.05) is 19.3 Å². The van der Waals surface area contributed by atoms with E-state index in [1.807, 2.05) is 0 Å². The fourth-order valence-corrected chi connectivity index (χ4v) is 1.84. The van der Waals surface area contributed by atoms with E-state index in [2.05, 4.69) is 38.4 Å². The van der Waals surface area contributed by atoms with Gasteiger partial charge in [0.15, 0.2) is 0 Å². The second kappa shape index (κ2) is 10.8. The largest absolute Gasteiger partial charge is 0.304 e. The molecule has 0 aliphatic rings. The Morgan fingerprint density at radius 1 is 0.867 bits per heavy atom. The van der Waals surface area contributed by atoms with E-state index < -0.39 is 0 Å². The van der Waals surface area contributed by atoms with Crippen molar-refractivity contribution in [2.45, 2.75) is 64.8 Å². The molecule has 0 amide bonds. The Balaban J connectivity index is 3.05. The summed E-state index contributed by atoms with van der Waals surface area (Å²) in [4.78, 5) is 2.43. The van der Waals surface area contributed by atoms with E-state index in [-0.39, 0.29) is 0 Å². The molecule has 0 rings (SSSR count). The molecule has 0 fully saturated rings. The molecule has 0 atom stereocenters. The summed E-state index contributed by atoms with van der Waals surface area (Å²) in [6.07, 6.45) is 9.66. The molecule has 0 radical (unpaired) electrons. The first kappa shape index (κ1) is 15.3. The smallest absolute Gasteiger partial charge is 0.00355 e. The van der Waals surface area contributed by atoms with Crippen LogP contribution in [0.4, 0.5) is 0 Å². The Morgan fingerprint density at radius 3 is 1.80 bits per heavy atom. The van der Waals surface area contributed by atoms with E-state index in [1.165, 1.54) is 51.5 Å². The van der Waals surface area contributed by atoms with Gasteiger partial charge in [-0.1, -0.05) is 32.1 Å². The van der Waals surface area contributed by atoms with Crippen molar-refractivity contribution < 1.29 is 0 Å². The first-order chi connectivity index (χ1) is 7.18. The molecule has 0 spiro atoms. The molecule has 0 heterocycles. The van der Waals surface area contributed by atoms with Gasteiger partial charge >= 0.3 is 0 Å². The van der Waals surface area contributed by atoms with Crippen LogP contribution in [0.5, 0.6) is 0 Å². The first-order valence-electron chi connectivity index (χ1n) is 6.49. The van der Waals surface area contributed by atoms with Gasteiger partial charge in [0.25, 0.3) is 0 Å². The number of thiol groups is 1. The highest BCUT2D eigenvalue weighted by molar-refractivity contribution is 7.80. The number of hydrogen-bond donors (Lipinski definition) is 1. The summed E-state index contributed by atoms with van der Waals surface area (Å²) in [7, 11) is 2.22. The zero-order valence-corrected chi connectivity index (χ0v) is 11.7. The van der Waals surface area contributed by atoms with Crippen molar-refractivity contribution in [3.05, 3.63) is 0 Å². The molecular weight excluding hydrogens is 202 g/mol. The molecule has 0 unspecified atom stereocenters. The van der Waals surface area contributed by atoms with Crippen LogP contribution in [0.2, 0.25) is 0 Å². The normalized spacial score (nSPS) is 11.6. The Bertz CT molecular complexity index is 126. The molecule has 0 saturated carbocycles. The maximum absolute atomic E-state index is 4.22. The predicted molar refractivity (Wildman–Crippen MR) is 73.9 cm³/mol. The van der Waals surface area contributed by atoms with Crippen LogP contribution >= 0.6 is 12.6 Å². The van der Waals surface area contributed by atoms with Crippen molar-refractivity contribution in [1.29, 1.82) is 0 Å². The van der Waals surface area contributed by atoms with Crippen molar-refractivity contribution in [3.63, 3.8) is 0 Å². The quantitative estimate of drug-likeness (QED) is 0.439. The highest BCUT2D eigenvalue weighted by Crippen LogP contribution is 2.08. The summed E-state index contributed by atoms with van der Waals surface area (Å²) in [5.41, 5.74) is 0. The number of rotatable bonds is 10. The maximum Gasteiger partial charge on any atom is 0.00355 e. The summed E-state index contributed by atoms with van der Waals surface area (Å²) in [5.74, 6) is 1.05. The molecular formula is C13H29NS. The third-order valence-corrected chi connectivity index (χ3v) is 3.37. The summed E-state index contributed by atoms with van der Waals surface area (Å²) in [6, 6.07) is 0.695. The lowest BCUT2D eigenvalue weighted by Gasteiger charge is -2.20. The van der Waals surface area contributed by atoms with Gasteiger partial charge in [-0.05, 0) is 46.0 Å². The van der Waals surface area contributed by atoms with Crippen molar-refractivity contribution in [3.8, 4) is 0 Å². The van der Waals surface area contributed by atoms with Crippen molar-refractivity contribution >= 4 is 12.6 Å². The molecule has 0 bridgehead atoms. The van der Waals surface area contributed by atoms with Gasteiger partial charge in [-0.2, -0.15) is 12.6 Å². The molecule has 0 aromatic carbocycles. The van der Waals surface area contributed by atoms with Gasteiger partial charge in [0.05, 0.1) is 0 Å². The van der Waals surface area contributed by atoms with Crippen LogP contribution in [-0.4, -0.2) is 30.3 Å². The third kappa shape index (κ3) is 10.6. The zero-order chi connectivity index (χ0) is 11.5.